The van der Waals surface area contributed by atoms with Crippen LogP contribution in [0.3, 0.4) is 0 Å². The second-order valence-electron chi connectivity index (χ2n) is 3.99. The van der Waals surface area contributed by atoms with E-state index in [1.54, 1.807) is 14.1 Å². The zero-order valence-corrected chi connectivity index (χ0v) is 10.2. The first-order valence-electron chi connectivity index (χ1n) is 5.41. The van der Waals surface area contributed by atoms with Gasteiger partial charge in [-0.2, -0.15) is 0 Å². The van der Waals surface area contributed by atoms with Crippen molar-refractivity contribution in [2.75, 3.05) is 27.2 Å². The summed E-state index contributed by atoms with van der Waals surface area (Å²) in [5.41, 5.74) is 5.53. The van der Waals surface area contributed by atoms with Crippen molar-refractivity contribution in [1.82, 2.24) is 15.5 Å². The van der Waals surface area contributed by atoms with Crippen molar-refractivity contribution >= 4 is 11.9 Å². The molecule has 0 aromatic rings. The van der Waals surface area contributed by atoms with Gasteiger partial charge in [0.1, 0.15) is 0 Å². The molecule has 3 amide bonds. The number of hydrogen-bond acceptors (Lipinski definition) is 3. The molecule has 0 radical (unpaired) electrons. The molecule has 0 saturated heterocycles. The number of amides is 3. The quantitative estimate of drug-likeness (QED) is 0.538. The van der Waals surface area contributed by atoms with E-state index in [0.29, 0.717) is 25.9 Å². The number of nitrogens with two attached hydrogens (primary N) is 1. The van der Waals surface area contributed by atoms with E-state index in [0.717, 1.165) is 0 Å². The Balaban J connectivity index is 3.45. The van der Waals surface area contributed by atoms with Gasteiger partial charge in [-0.05, 0) is 13.3 Å². The highest BCUT2D eigenvalue weighted by molar-refractivity contribution is 5.76. The maximum absolute atomic E-state index is 11.2. The number of nitrogens with zero attached hydrogens (tertiary/aromatic N) is 1. The molecule has 0 aliphatic heterocycles. The van der Waals surface area contributed by atoms with E-state index < -0.39 is 0 Å². The highest BCUT2D eigenvalue weighted by atomic mass is 16.2. The average molecular weight is 230 g/mol. The third-order valence-electron chi connectivity index (χ3n) is 1.96. The normalized spacial score (nSPS) is 11.8. The van der Waals surface area contributed by atoms with E-state index in [1.165, 1.54) is 4.90 Å². The van der Waals surface area contributed by atoms with Crippen molar-refractivity contribution in [3.63, 3.8) is 0 Å². The minimum absolute atomic E-state index is 0.0311. The third kappa shape index (κ3) is 8.05. The van der Waals surface area contributed by atoms with Gasteiger partial charge in [-0.3, -0.25) is 4.79 Å². The van der Waals surface area contributed by atoms with Crippen LogP contribution >= 0.6 is 0 Å². The zero-order chi connectivity index (χ0) is 12.6. The summed E-state index contributed by atoms with van der Waals surface area (Å²) in [6, 6.07) is -0.121. The summed E-state index contributed by atoms with van der Waals surface area (Å²) in [6.45, 7) is 2.74. The largest absolute Gasteiger partial charge is 0.354 e. The monoisotopic (exact) mass is 230 g/mol. The lowest BCUT2D eigenvalue weighted by Crippen LogP contribution is -2.39. The minimum atomic E-state index is -0.162. The SMILES string of the molecule is CC(N)CCC(=O)NCCNC(=O)N(C)C. The predicted molar refractivity (Wildman–Crippen MR) is 63.0 cm³/mol. The molecule has 0 aromatic carbocycles. The van der Waals surface area contributed by atoms with Crippen molar-refractivity contribution in [2.24, 2.45) is 5.73 Å². The van der Waals surface area contributed by atoms with Gasteiger partial charge in [0, 0.05) is 39.6 Å². The first-order chi connectivity index (χ1) is 7.43. The molecule has 6 heteroatoms. The molecular weight excluding hydrogens is 208 g/mol. The lowest BCUT2D eigenvalue weighted by molar-refractivity contribution is -0.121. The van der Waals surface area contributed by atoms with Crippen molar-refractivity contribution in [3.8, 4) is 0 Å². The molecule has 16 heavy (non-hydrogen) atoms. The van der Waals surface area contributed by atoms with Gasteiger partial charge < -0.3 is 21.3 Å². The van der Waals surface area contributed by atoms with Crippen LogP contribution in [0.15, 0.2) is 0 Å². The van der Waals surface area contributed by atoms with Crippen LogP contribution in [0.5, 0.6) is 0 Å². The number of rotatable bonds is 6. The van der Waals surface area contributed by atoms with Crippen LogP contribution in [0.2, 0.25) is 0 Å². The molecule has 1 unspecified atom stereocenters. The first kappa shape index (κ1) is 14.7. The molecule has 0 aliphatic carbocycles. The minimum Gasteiger partial charge on any atom is -0.354 e. The summed E-state index contributed by atoms with van der Waals surface area (Å²) in [4.78, 5) is 23.8. The summed E-state index contributed by atoms with van der Waals surface area (Å²) in [5.74, 6) is -0.0311. The second-order valence-corrected chi connectivity index (χ2v) is 3.99. The van der Waals surface area contributed by atoms with Crippen molar-refractivity contribution in [3.05, 3.63) is 0 Å². The average Bonchev–Trinajstić information content (AvgIpc) is 2.20. The molecule has 0 heterocycles. The van der Waals surface area contributed by atoms with Gasteiger partial charge in [0.2, 0.25) is 5.91 Å². The number of nitrogens with one attached hydrogen (secondary N) is 2. The van der Waals surface area contributed by atoms with Crippen LogP contribution in [0, 0.1) is 0 Å². The summed E-state index contributed by atoms with van der Waals surface area (Å²) in [5, 5.41) is 5.35. The fourth-order valence-electron chi connectivity index (χ4n) is 0.977. The topological polar surface area (TPSA) is 87.5 Å². The van der Waals surface area contributed by atoms with Gasteiger partial charge in [0.05, 0.1) is 0 Å². The lowest BCUT2D eigenvalue weighted by atomic mass is 10.2. The Hall–Kier alpha value is -1.30. The smallest absolute Gasteiger partial charge is 0.316 e. The summed E-state index contributed by atoms with van der Waals surface area (Å²) >= 11 is 0. The van der Waals surface area contributed by atoms with Gasteiger partial charge in [0.25, 0.3) is 0 Å². The van der Waals surface area contributed by atoms with Gasteiger partial charge in [0.15, 0.2) is 0 Å². The molecule has 0 fully saturated rings. The van der Waals surface area contributed by atoms with Crippen LogP contribution < -0.4 is 16.4 Å². The van der Waals surface area contributed by atoms with Crippen LogP contribution in [-0.4, -0.2) is 50.1 Å². The Morgan fingerprint density at radius 1 is 1.25 bits per heavy atom. The van der Waals surface area contributed by atoms with Crippen LogP contribution in [0.25, 0.3) is 0 Å². The Labute approximate surface area is 96.5 Å². The fraction of sp³-hybridized carbons (Fsp3) is 0.800. The van der Waals surface area contributed by atoms with Crippen molar-refractivity contribution < 1.29 is 9.59 Å². The van der Waals surface area contributed by atoms with Gasteiger partial charge >= 0.3 is 6.03 Å². The highest BCUT2D eigenvalue weighted by Gasteiger charge is 2.04. The molecule has 4 N–H and O–H groups in total. The molecule has 0 aromatic heterocycles. The predicted octanol–water partition coefficient (Wildman–Crippen LogP) is -0.499. The molecule has 94 valence electrons. The maximum Gasteiger partial charge on any atom is 0.316 e. The molecule has 0 saturated carbocycles. The Morgan fingerprint density at radius 3 is 2.31 bits per heavy atom. The molecular formula is C10H22N4O2. The van der Waals surface area contributed by atoms with Gasteiger partial charge in [-0.1, -0.05) is 0 Å². The maximum atomic E-state index is 11.2. The van der Waals surface area contributed by atoms with E-state index in [1.807, 2.05) is 6.92 Å². The standard InChI is InChI=1S/C10H22N4O2/c1-8(11)4-5-9(15)12-6-7-13-10(16)14(2)3/h8H,4-7,11H2,1-3H3,(H,12,15)(H,13,16). The summed E-state index contributed by atoms with van der Waals surface area (Å²) in [6.07, 6.45) is 1.11. The Kier molecular flexibility index (Phi) is 7.28. The summed E-state index contributed by atoms with van der Waals surface area (Å²) in [7, 11) is 3.33. The Morgan fingerprint density at radius 2 is 1.81 bits per heavy atom. The number of urea groups is 1. The van der Waals surface area contributed by atoms with Crippen LogP contribution in [0.4, 0.5) is 4.79 Å². The van der Waals surface area contributed by atoms with Gasteiger partial charge in [-0.25, -0.2) is 4.79 Å². The van der Waals surface area contributed by atoms with Gasteiger partial charge in [-0.15, -0.1) is 0 Å². The zero-order valence-electron chi connectivity index (χ0n) is 10.2. The molecule has 6 nitrogen and oxygen atoms in total. The third-order valence-corrected chi connectivity index (χ3v) is 1.96. The highest BCUT2D eigenvalue weighted by Crippen LogP contribution is 1.92. The summed E-state index contributed by atoms with van der Waals surface area (Å²) < 4.78 is 0. The fourth-order valence-corrected chi connectivity index (χ4v) is 0.977. The van der Waals surface area contributed by atoms with Crippen molar-refractivity contribution in [2.45, 2.75) is 25.8 Å². The van der Waals surface area contributed by atoms with E-state index in [9.17, 15) is 9.59 Å². The molecule has 1 atom stereocenters. The second kappa shape index (κ2) is 7.92. The van der Waals surface area contributed by atoms with E-state index >= 15 is 0 Å². The van der Waals surface area contributed by atoms with E-state index in [4.69, 9.17) is 5.73 Å². The van der Waals surface area contributed by atoms with Crippen LogP contribution in [-0.2, 0) is 4.79 Å². The number of carbonyl (C=O) groups is 2. The van der Waals surface area contributed by atoms with Crippen molar-refractivity contribution in [1.29, 1.82) is 0 Å². The van der Waals surface area contributed by atoms with E-state index in [-0.39, 0.29) is 18.0 Å². The molecule has 0 rings (SSSR count). The van der Waals surface area contributed by atoms with E-state index in [2.05, 4.69) is 10.6 Å². The number of hydrogen-bond donors (Lipinski definition) is 3. The van der Waals surface area contributed by atoms with Crippen LogP contribution in [0.1, 0.15) is 19.8 Å². The molecule has 0 spiro atoms. The first-order valence-corrected chi connectivity index (χ1v) is 5.41. The Bertz CT molecular complexity index is 229. The molecule has 0 aliphatic rings. The molecule has 0 bridgehead atoms. The number of carbonyl (C=O) groups excluding carboxylic acids is 2. The lowest BCUT2D eigenvalue weighted by Gasteiger charge is -2.12.